The molecule has 0 heterocycles. The fourth-order valence-corrected chi connectivity index (χ4v) is 1.92. The second kappa shape index (κ2) is 9.99. The average molecular weight is 799 g/mol. The van der Waals surface area contributed by atoms with E-state index in [9.17, 15) is 105 Å². The smallest absolute Gasteiger partial charge is 0.743 e. The van der Waals surface area contributed by atoms with Gasteiger partial charge in [-0.15, -0.1) is 0 Å². The molecule has 0 saturated carbocycles. The molecule has 0 aromatic heterocycles. The van der Waals surface area contributed by atoms with Gasteiger partial charge in [0.2, 0.25) is 0 Å². The summed E-state index contributed by atoms with van der Waals surface area (Å²) in [4.78, 5) is 0. The predicted octanol–water partition coefficient (Wildman–Crippen LogP) is 3.91. The van der Waals surface area contributed by atoms with Crippen molar-refractivity contribution in [3.63, 3.8) is 0 Å². The largest absolute Gasteiger partial charge is 2.00 e. The molecule has 0 bridgehead atoms. The number of halogens is 18. The van der Waals surface area contributed by atoms with E-state index in [1.54, 1.807) is 0 Å². The van der Waals surface area contributed by atoms with E-state index in [-0.39, 0.29) is 27.7 Å². The first-order valence-electron chi connectivity index (χ1n) is 6.31. The Hall–Kier alpha value is -0.505. The van der Waals surface area contributed by atoms with Gasteiger partial charge in [0.25, 0.3) is 0 Å². The quantitative estimate of drug-likeness (QED) is 0.229. The Kier molecular flexibility index (Phi) is 11.1. The first-order valence-corrected chi connectivity index (χ1v) is 9.13. The van der Waals surface area contributed by atoms with Crippen LogP contribution in [0.1, 0.15) is 0 Å². The molecule has 0 fully saturated rings. The van der Waals surface area contributed by atoms with Gasteiger partial charge in [0, 0.05) is 0 Å². The molecule has 0 spiro atoms. The molecule has 0 aliphatic carbocycles. The Labute approximate surface area is 199 Å². The Morgan fingerprint density at radius 2 is 0.514 bits per heavy atom. The van der Waals surface area contributed by atoms with Crippen molar-refractivity contribution in [2.45, 2.75) is 46.6 Å². The molecular weight excluding hydrogens is 799 g/mol. The zero-order valence-electron chi connectivity index (χ0n) is 14.8. The Morgan fingerprint density at radius 3 is 0.600 bits per heavy atom. The first-order chi connectivity index (χ1) is 14.0. The van der Waals surface area contributed by atoms with Gasteiger partial charge in [0.05, 0.1) is 0 Å². The fraction of sp³-hybridized carbons (Fsp3) is 1.00. The normalized spacial score (nSPS) is 15.7. The van der Waals surface area contributed by atoms with E-state index in [0.717, 1.165) is 0 Å². The second-order valence-corrected chi connectivity index (χ2v) is 8.08. The minimum Gasteiger partial charge on any atom is -0.743 e. The number of rotatable bonds is 6. The Balaban J connectivity index is -0.000000569. The molecule has 0 aliphatic rings. The summed E-state index contributed by atoms with van der Waals surface area (Å²) in [7, 11) is -14.8. The number of hydrogen-bond acceptors (Lipinski definition) is 6. The molecular formula is C8F18HgO6S2. The predicted molar refractivity (Wildman–Crippen MR) is 61.2 cm³/mol. The van der Waals surface area contributed by atoms with Gasteiger partial charge in [-0.1, -0.05) is 0 Å². The monoisotopic (exact) mass is 800 g/mol. The van der Waals surface area contributed by atoms with Crippen molar-refractivity contribution in [3.8, 4) is 0 Å². The summed E-state index contributed by atoms with van der Waals surface area (Å²) in [6.45, 7) is 0. The van der Waals surface area contributed by atoms with Crippen molar-refractivity contribution in [1.29, 1.82) is 0 Å². The van der Waals surface area contributed by atoms with Gasteiger partial charge < -0.3 is 9.11 Å². The summed E-state index contributed by atoms with van der Waals surface area (Å²) in [5.74, 6) is -29.6. The van der Waals surface area contributed by atoms with E-state index >= 15 is 0 Å². The van der Waals surface area contributed by atoms with E-state index in [4.69, 9.17) is 0 Å². The maximum absolute atomic E-state index is 12.2. The van der Waals surface area contributed by atoms with Crippen molar-refractivity contribution >= 4 is 20.2 Å². The molecule has 0 atom stereocenters. The van der Waals surface area contributed by atoms with E-state index in [1.165, 1.54) is 0 Å². The zero-order valence-corrected chi connectivity index (χ0v) is 21.9. The van der Waals surface area contributed by atoms with Crippen molar-refractivity contribution < 1.29 is 133 Å². The summed E-state index contributed by atoms with van der Waals surface area (Å²) in [6, 6.07) is 0. The van der Waals surface area contributed by atoms with E-state index in [2.05, 4.69) is 0 Å². The van der Waals surface area contributed by atoms with Crippen LogP contribution in [0.15, 0.2) is 0 Å². The zero-order chi connectivity index (χ0) is 29.0. The van der Waals surface area contributed by atoms with E-state index in [0.29, 0.717) is 0 Å². The van der Waals surface area contributed by atoms with Crippen LogP contribution in [0.5, 0.6) is 0 Å². The van der Waals surface area contributed by atoms with Crippen LogP contribution in [0.3, 0.4) is 0 Å². The number of hydrogen-bond donors (Lipinski definition) is 0. The molecule has 0 amide bonds. The van der Waals surface area contributed by atoms with E-state index < -0.39 is 66.8 Å². The molecule has 0 unspecified atom stereocenters. The van der Waals surface area contributed by atoms with Crippen molar-refractivity contribution in [2.24, 2.45) is 0 Å². The van der Waals surface area contributed by atoms with Gasteiger partial charge in [-0.25, -0.2) is 16.8 Å². The first kappa shape index (κ1) is 39.0. The van der Waals surface area contributed by atoms with Gasteiger partial charge in [0.1, 0.15) is 0 Å². The molecule has 0 radical (unpaired) electrons. The summed E-state index contributed by atoms with van der Waals surface area (Å²) in [5, 5.41) is -14.2. The molecule has 208 valence electrons. The van der Waals surface area contributed by atoms with Crippen LogP contribution >= 0.6 is 0 Å². The minimum atomic E-state index is -7.43. The van der Waals surface area contributed by atoms with Gasteiger partial charge in [-0.2, -0.15) is 79.0 Å². The summed E-state index contributed by atoms with van der Waals surface area (Å²) in [5.41, 5.74) is 0. The minimum absolute atomic E-state index is 0. The van der Waals surface area contributed by atoms with Gasteiger partial charge in [-0.3, -0.25) is 0 Å². The fourth-order valence-electron chi connectivity index (χ4n) is 1.04. The van der Waals surface area contributed by atoms with Crippen LogP contribution in [0.2, 0.25) is 0 Å². The standard InChI is InChI=1S/2C4HF9O3S.Hg/c2*5-1(6,3(9,10)11)2(7,8)4(12,13)17(14,15)16;/h2*(H,14,15,16);/q;;+2/p-2. The maximum atomic E-state index is 12.2. The van der Waals surface area contributed by atoms with Crippen LogP contribution < -0.4 is 0 Å². The second-order valence-electron chi connectivity index (χ2n) is 5.23. The van der Waals surface area contributed by atoms with Crippen LogP contribution in [0, 0.1) is 0 Å². The molecule has 27 heteroatoms. The Bertz CT molecular complexity index is 870. The molecule has 0 saturated heterocycles. The molecule has 0 rings (SSSR count). The summed E-state index contributed by atoms with van der Waals surface area (Å²) in [6.07, 6.45) is -14.3. The third-order valence-electron chi connectivity index (χ3n) is 2.86. The van der Waals surface area contributed by atoms with Gasteiger partial charge >= 0.3 is 74.2 Å². The Morgan fingerprint density at radius 1 is 0.371 bits per heavy atom. The van der Waals surface area contributed by atoms with Crippen molar-refractivity contribution in [3.05, 3.63) is 0 Å². The van der Waals surface area contributed by atoms with Gasteiger partial charge in [0.15, 0.2) is 20.2 Å². The van der Waals surface area contributed by atoms with Crippen LogP contribution in [-0.4, -0.2) is 72.5 Å². The number of alkyl halides is 18. The average Bonchev–Trinajstić information content (AvgIpc) is 2.50. The van der Waals surface area contributed by atoms with Crippen molar-refractivity contribution in [2.75, 3.05) is 0 Å². The molecule has 0 N–H and O–H groups in total. The van der Waals surface area contributed by atoms with Crippen LogP contribution in [0.25, 0.3) is 0 Å². The van der Waals surface area contributed by atoms with Gasteiger partial charge in [-0.05, 0) is 0 Å². The van der Waals surface area contributed by atoms with E-state index in [1.807, 2.05) is 0 Å². The molecule has 0 aromatic rings. The molecule has 6 nitrogen and oxygen atoms in total. The molecule has 0 aromatic carbocycles. The summed E-state index contributed by atoms with van der Waals surface area (Å²) >= 11 is 0. The topological polar surface area (TPSA) is 114 Å². The molecule has 0 aliphatic heterocycles. The van der Waals surface area contributed by atoms with Crippen LogP contribution in [-0.2, 0) is 47.9 Å². The third-order valence-corrected chi connectivity index (χ3v) is 4.63. The molecule has 35 heavy (non-hydrogen) atoms. The third kappa shape index (κ3) is 6.50. The summed E-state index contributed by atoms with van der Waals surface area (Å²) < 4.78 is 271. The SMILES string of the molecule is O=S(=O)([O-])C(F)(F)C(F)(F)C(F)(F)C(F)(F)F.O=S(=O)([O-])C(F)(F)C(F)(F)C(F)(F)C(F)(F)F.[Hg+2]. The van der Waals surface area contributed by atoms with Crippen molar-refractivity contribution in [1.82, 2.24) is 0 Å². The maximum Gasteiger partial charge on any atom is 2.00 e. The van der Waals surface area contributed by atoms with Crippen LogP contribution in [0.4, 0.5) is 79.0 Å².